The van der Waals surface area contributed by atoms with Gasteiger partial charge in [-0.05, 0) is 38.1 Å². The maximum atomic E-state index is 13.1. The molecule has 1 aliphatic heterocycles. The number of sulfonamides is 1. The van der Waals surface area contributed by atoms with E-state index in [0.29, 0.717) is 25.9 Å². The molecule has 1 aromatic rings. The van der Waals surface area contributed by atoms with Crippen LogP contribution in [0, 0.1) is 0 Å². The Kier molecular flexibility index (Phi) is 6.74. The molecule has 0 atom stereocenters. The monoisotopic (exact) mass is 392 g/mol. The van der Waals surface area contributed by atoms with Gasteiger partial charge in [-0.1, -0.05) is 17.7 Å². The van der Waals surface area contributed by atoms with Crippen molar-refractivity contribution < 1.29 is 21.6 Å². The average molecular weight is 393 g/mol. The second-order valence-corrected chi connectivity index (χ2v) is 7.46. The summed E-state index contributed by atoms with van der Waals surface area (Å²) < 4.78 is 65.6. The highest BCUT2D eigenvalue weighted by molar-refractivity contribution is 7.89. The van der Waals surface area contributed by atoms with Crippen LogP contribution >= 0.6 is 24.0 Å². The van der Waals surface area contributed by atoms with E-state index in [9.17, 15) is 21.6 Å². The molecule has 1 aromatic carbocycles. The molecular weight excluding hydrogens is 376 g/mol. The van der Waals surface area contributed by atoms with Crippen LogP contribution in [0.2, 0.25) is 5.02 Å². The number of piperidine rings is 1. The largest absolute Gasteiger partial charge is 0.417 e. The third kappa shape index (κ3) is 4.30. The van der Waals surface area contributed by atoms with Crippen LogP contribution in [0.3, 0.4) is 0 Å². The highest BCUT2D eigenvalue weighted by Crippen LogP contribution is 2.39. The molecule has 0 spiro atoms. The molecule has 1 heterocycles. The lowest BCUT2D eigenvalue weighted by molar-refractivity contribution is -0.139. The first-order valence-corrected chi connectivity index (χ1v) is 8.52. The van der Waals surface area contributed by atoms with Crippen LogP contribution in [0.15, 0.2) is 23.1 Å². The first-order valence-electron chi connectivity index (χ1n) is 6.70. The second-order valence-electron chi connectivity index (χ2n) is 5.12. The fourth-order valence-electron chi connectivity index (χ4n) is 2.50. The minimum absolute atomic E-state index is 0. The number of halogens is 5. The van der Waals surface area contributed by atoms with Crippen molar-refractivity contribution in [3.8, 4) is 0 Å². The Morgan fingerprint density at radius 3 is 2.35 bits per heavy atom. The standard InChI is InChI=1S/C13H16ClF3N2O2S.ClH/c1-19(9-5-7-18-8-6-9)22(20,21)12-10(13(15,16)17)3-2-4-11(12)14;/h2-4,9,18H,5-8H2,1H3;1H. The fourth-order valence-corrected chi connectivity index (χ4v) is 4.64. The predicted octanol–water partition coefficient (Wildman–Crippen LogP) is 3.15. The van der Waals surface area contributed by atoms with Crippen molar-refractivity contribution in [2.45, 2.75) is 30.0 Å². The SMILES string of the molecule is CN(C1CCNCC1)S(=O)(=O)c1c(Cl)cccc1C(F)(F)F.Cl. The quantitative estimate of drug-likeness (QED) is 0.859. The lowest BCUT2D eigenvalue weighted by Gasteiger charge is -2.31. The first-order chi connectivity index (χ1) is 10.2. The van der Waals surface area contributed by atoms with Gasteiger partial charge in [-0.15, -0.1) is 12.4 Å². The molecular formula is C13H17Cl2F3N2O2S. The Morgan fingerprint density at radius 2 is 1.83 bits per heavy atom. The predicted molar refractivity (Wildman–Crippen MR) is 84.5 cm³/mol. The fraction of sp³-hybridized carbons (Fsp3) is 0.538. The van der Waals surface area contributed by atoms with Crippen molar-refractivity contribution in [1.82, 2.24) is 9.62 Å². The normalized spacial score (nSPS) is 17.1. The number of nitrogens with one attached hydrogen (secondary N) is 1. The smallest absolute Gasteiger partial charge is 0.317 e. The summed E-state index contributed by atoms with van der Waals surface area (Å²) in [6.45, 7) is 1.25. The van der Waals surface area contributed by atoms with Gasteiger partial charge < -0.3 is 5.32 Å². The van der Waals surface area contributed by atoms with Gasteiger partial charge in [0.2, 0.25) is 10.0 Å². The highest BCUT2D eigenvalue weighted by atomic mass is 35.5. The van der Waals surface area contributed by atoms with Gasteiger partial charge in [-0.25, -0.2) is 8.42 Å². The van der Waals surface area contributed by atoms with Crippen molar-refractivity contribution in [3.05, 3.63) is 28.8 Å². The molecule has 1 aliphatic rings. The van der Waals surface area contributed by atoms with Gasteiger partial charge in [0, 0.05) is 13.1 Å². The average Bonchev–Trinajstić information content (AvgIpc) is 2.46. The van der Waals surface area contributed by atoms with E-state index in [0.717, 1.165) is 22.5 Å². The van der Waals surface area contributed by atoms with Crippen LogP contribution in [0.1, 0.15) is 18.4 Å². The number of nitrogens with zero attached hydrogens (tertiary/aromatic N) is 1. The van der Waals surface area contributed by atoms with Crippen molar-refractivity contribution >= 4 is 34.0 Å². The van der Waals surface area contributed by atoms with Crippen LogP contribution in [0.25, 0.3) is 0 Å². The number of benzene rings is 1. The molecule has 0 aliphatic carbocycles. The van der Waals surface area contributed by atoms with Gasteiger partial charge in [0.1, 0.15) is 4.90 Å². The van der Waals surface area contributed by atoms with Crippen LogP contribution in [-0.4, -0.2) is 38.9 Å². The molecule has 1 saturated heterocycles. The third-order valence-corrected chi connectivity index (χ3v) is 6.17. The molecule has 132 valence electrons. The molecule has 10 heteroatoms. The second kappa shape index (κ2) is 7.57. The molecule has 1 N–H and O–H groups in total. The zero-order chi connectivity index (χ0) is 16.5. The zero-order valence-electron chi connectivity index (χ0n) is 12.2. The maximum Gasteiger partial charge on any atom is 0.417 e. The minimum atomic E-state index is -4.79. The summed E-state index contributed by atoms with van der Waals surface area (Å²) in [6, 6.07) is 2.63. The van der Waals surface area contributed by atoms with Crippen molar-refractivity contribution in [1.29, 1.82) is 0 Å². The summed E-state index contributed by atoms with van der Waals surface area (Å²) in [5, 5.41) is 2.66. The molecule has 0 amide bonds. The Morgan fingerprint density at radius 1 is 1.26 bits per heavy atom. The van der Waals surface area contributed by atoms with Crippen LogP contribution in [0.5, 0.6) is 0 Å². The molecule has 0 radical (unpaired) electrons. The lowest BCUT2D eigenvalue weighted by Crippen LogP contribution is -2.44. The molecule has 0 unspecified atom stereocenters. The summed E-state index contributed by atoms with van der Waals surface area (Å²) in [5.41, 5.74) is -1.24. The zero-order valence-corrected chi connectivity index (χ0v) is 14.6. The van der Waals surface area contributed by atoms with E-state index in [4.69, 9.17) is 11.6 Å². The minimum Gasteiger partial charge on any atom is -0.317 e. The number of alkyl halides is 3. The number of hydrogen-bond acceptors (Lipinski definition) is 3. The van der Waals surface area contributed by atoms with Gasteiger partial charge >= 0.3 is 6.18 Å². The van der Waals surface area contributed by atoms with Crippen LogP contribution in [0.4, 0.5) is 13.2 Å². The van der Waals surface area contributed by atoms with E-state index < -0.39 is 31.7 Å². The highest BCUT2D eigenvalue weighted by Gasteiger charge is 2.41. The van der Waals surface area contributed by atoms with Crippen molar-refractivity contribution in [3.63, 3.8) is 0 Å². The Hall–Kier alpha value is -0.540. The number of hydrogen-bond donors (Lipinski definition) is 1. The van der Waals surface area contributed by atoms with Gasteiger partial charge in [0.15, 0.2) is 0 Å². The van der Waals surface area contributed by atoms with E-state index in [1.807, 2.05) is 0 Å². The van der Waals surface area contributed by atoms with E-state index in [-0.39, 0.29) is 18.4 Å². The Bertz CT molecular complexity index is 647. The molecule has 2 rings (SSSR count). The molecule has 4 nitrogen and oxygen atoms in total. The van der Waals surface area contributed by atoms with Gasteiger partial charge in [0.05, 0.1) is 10.6 Å². The number of rotatable bonds is 3. The summed E-state index contributed by atoms with van der Waals surface area (Å²) >= 11 is 5.78. The van der Waals surface area contributed by atoms with Gasteiger partial charge in [-0.2, -0.15) is 17.5 Å². The third-order valence-electron chi connectivity index (χ3n) is 3.73. The Balaban J connectivity index is 0.00000264. The van der Waals surface area contributed by atoms with E-state index in [1.165, 1.54) is 7.05 Å². The van der Waals surface area contributed by atoms with Crippen LogP contribution < -0.4 is 5.32 Å². The molecule has 0 aromatic heterocycles. The van der Waals surface area contributed by atoms with E-state index in [1.54, 1.807) is 0 Å². The summed E-state index contributed by atoms with van der Waals surface area (Å²) in [5.74, 6) is 0. The molecule has 0 saturated carbocycles. The molecule has 1 fully saturated rings. The summed E-state index contributed by atoms with van der Waals surface area (Å²) in [7, 11) is -3.03. The van der Waals surface area contributed by atoms with E-state index in [2.05, 4.69) is 5.32 Å². The molecule has 23 heavy (non-hydrogen) atoms. The molecule has 0 bridgehead atoms. The lowest BCUT2D eigenvalue weighted by atomic mass is 10.1. The van der Waals surface area contributed by atoms with Gasteiger partial charge in [-0.3, -0.25) is 0 Å². The first kappa shape index (κ1) is 20.5. The summed E-state index contributed by atoms with van der Waals surface area (Å²) in [6.07, 6.45) is -3.70. The van der Waals surface area contributed by atoms with E-state index >= 15 is 0 Å². The Labute approximate surface area is 144 Å². The van der Waals surface area contributed by atoms with Crippen LogP contribution in [-0.2, 0) is 16.2 Å². The van der Waals surface area contributed by atoms with Crippen molar-refractivity contribution in [2.75, 3.05) is 20.1 Å². The topological polar surface area (TPSA) is 49.4 Å². The summed E-state index contributed by atoms with van der Waals surface area (Å²) in [4.78, 5) is -0.870. The maximum absolute atomic E-state index is 13.1. The van der Waals surface area contributed by atoms with Crippen molar-refractivity contribution in [2.24, 2.45) is 0 Å². The van der Waals surface area contributed by atoms with Gasteiger partial charge in [0.25, 0.3) is 0 Å².